The Balaban J connectivity index is 1.62. The lowest BCUT2D eigenvalue weighted by Crippen LogP contribution is -2.44. The Morgan fingerprint density at radius 1 is 1.08 bits per heavy atom. The summed E-state index contributed by atoms with van der Waals surface area (Å²) < 4.78 is 5.53. The number of hydrogen-bond donors (Lipinski definition) is 1. The van der Waals surface area contributed by atoms with Gasteiger partial charge in [0.1, 0.15) is 5.01 Å². The third-order valence-electron chi connectivity index (χ3n) is 4.91. The van der Waals surface area contributed by atoms with Crippen LogP contribution in [0.3, 0.4) is 0 Å². The fraction of sp³-hybridized carbons (Fsp3) is 0.238. The van der Waals surface area contributed by atoms with Crippen molar-refractivity contribution in [3.63, 3.8) is 0 Å². The van der Waals surface area contributed by atoms with E-state index in [0.29, 0.717) is 26.1 Å². The molecule has 2 heterocycles. The van der Waals surface area contributed by atoms with E-state index in [1.807, 2.05) is 60.0 Å². The van der Waals surface area contributed by atoms with Crippen molar-refractivity contribution >= 4 is 22.9 Å². The molecule has 3 aromatic rings. The van der Waals surface area contributed by atoms with Crippen molar-refractivity contribution in [3.8, 4) is 10.6 Å². The molecule has 132 valence electrons. The van der Waals surface area contributed by atoms with Crippen LogP contribution in [0.4, 0.5) is 5.69 Å². The third-order valence-corrected chi connectivity index (χ3v) is 5.73. The first kappa shape index (κ1) is 16.9. The van der Waals surface area contributed by atoms with Crippen LogP contribution in [0, 0.1) is 0 Å². The molecule has 4 rings (SSSR count). The van der Waals surface area contributed by atoms with E-state index in [-0.39, 0.29) is 5.91 Å². The van der Waals surface area contributed by atoms with Crippen LogP contribution in [0.2, 0.25) is 0 Å². The molecule has 1 amide bonds. The number of carbonyl (C=O) groups is 1. The van der Waals surface area contributed by atoms with Crippen LogP contribution in [-0.2, 0) is 14.9 Å². The van der Waals surface area contributed by atoms with E-state index in [4.69, 9.17) is 4.74 Å². The molecule has 0 aliphatic carbocycles. The standard InChI is InChI=1S/C21H20N2O2S/c24-20(21(9-12-25-13-10-21)17-6-2-1-3-7-17)23-18-8-4-5-16(15-18)19-22-11-14-26-19/h1-8,11,14-15H,9-10,12-13H2,(H,23,24). The molecule has 1 saturated heterocycles. The number of nitrogens with zero attached hydrogens (tertiary/aromatic N) is 1. The Morgan fingerprint density at radius 2 is 1.88 bits per heavy atom. The molecule has 0 bridgehead atoms. The van der Waals surface area contributed by atoms with Gasteiger partial charge in [0.2, 0.25) is 5.91 Å². The highest BCUT2D eigenvalue weighted by atomic mass is 32.1. The Morgan fingerprint density at radius 3 is 2.62 bits per heavy atom. The number of carbonyl (C=O) groups excluding carboxylic acids is 1. The SMILES string of the molecule is O=C(Nc1cccc(-c2nccs2)c1)C1(c2ccccc2)CCOCC1. The molecule has 0 atom stereocenters. The number of rotatable bonds is 4. The van der Waals surface area contributed by atoms with Gasteiger partial charge >= 0.3 is 0 Å². The number of thiazole rings is 1. The van der Waals surface area contributed by atoms with Crippen molar-refractivity contribution in [3.05, 3.63) is 71.7 Å². The molecule has 0 spiro atoms. The first-order valence-corrected chi connectivity index (χ1v) is 9.61. The summed E-state index contributed by atoms with van der Waals surface area (Å²) in [6.07, 6.45) is 3.17. The van der Waals surface area contributed by atoms with Crippen molar-refractivity contribution < 1.29 is 9.53 Å². The number of anilines is 1. The predicted molar refractivity (Wildman–Crippen MR) is 104 cm³/mol. The van der Waals surface area contributed by atoms with Gasteiger partial charge in [-0.1, -0.05) is 42.5 Å². The van der Waals surface area contributed by atoms with Gasteiger partial charge in [-0.05, 0) is 30.5 Å². The van der Waals surface area contributed by atoms with Crippen LogP contribution in [0.15, 0.2) is 66.2 Å². The number of hydrogen-bond acceptors (Lipinski definition) is 4. The molecule has 4 nitrogen and oxygen atoms in total. The number of aromatic nitrogens is 1. The highest BCUT2D eigenvalue weighted by Crippen LogP contribution is 2.36. The van der Waals surface area contributed by atoms with E-state index in [1.54, 1.807) is 17.5 Å². The Hall–Kier alpha value is -2.50. The lowest BCUT2D eigenvalue weighted by atomic mass is 9.73. The quantitative estimate of drug-likeness (QED) is 0.742. The van der Waals surface area contributed by atoms with E-state index >= 15 is 0 Å². The lowest BCUT2D eigenvalue weighted by molar-refractivity contribution is -0.125. The average Bonchev–Trinajstić information content (AvgIpc) is 3.24. The van der Waals surface area contributed by atoms with Crippen molar-refractivity contribution in [2.24, 2.45) is 0 Å². The van der Waals surface area contributed by atoms with E-state index in [0.717, 1.165) is 21.8 Å². The minimum absolute atomic E-state index is 0.0308. The zero-order valence-corrected chi connectivity index (χ0v) is 15.2. The average molecular weight is 364 g/mol. The summed E-state index contributed by atoms with van der Waals surface area (Å²) in [5.74, 6) is 0.0308. The van der Waals surface area contributed by atoms with Gasteiger partial charge in [0.15, 0.2) is 0 Å². The smallest absolute Gasteiger partial charge is 0.235 e. The van der Waals surface area contributed by atoms with E-state index < -0.39 is 5.41 Å². The molecule has 5 heteroatoms. The molecule has 0 unspecified atom stereocenters. The molecule has 0 saturated carbocycles. The van der Waals surface area contributed by atoms with E-state index in [9.17, 15) is 4.79 Å². The number of amides is 1. The normalized spacial score (nSPS) is 16.2. The molecular weight excluding hydrogens is 344 g/mol. The predicted octanol–water partition coefficient (Wildman–Crippen LogP) is 4.50. The van der Waals surface area contributed by atoms with E-state index in [1.165, 1.54) is 0 Å². The molecule has 2 aromatic carbocycles. The summed E-state index contributed by atoms with van der Waals surface area (Å²) >= 11 is 1.59. The second-order valence-electron chi connectivity index (χ2n) is 6.43. The number of benzene rings is 2. The van der Waals surface area contributed by atoms with Crippen LogP contribution in [0.25, 0.3) is 10.6 Å². The Labute approximate surface area is 156 Å². The zero-order valence-electron chi connectivity index (χ0n) is 14.4. The minimum atomic E-state index is -0.545. The zero-order chi connectivity index (χ0) is 17.8. The van der Waals surface area contributed by atoms with Crippen LogP contribution in [-0.4, -0.2) is 24.1 Å². The summed E-state index contributed by atoms with van der Waals surface area (Å²) in [6, 6.07) is 17.9. The molecule has 1 aliphatic heterocycles. The molecule has 1 aromatic heterocycles. The summed E-state index contributed by atoms with van der Waals surface area (Å²) in [4.78, 5) is 17.7. The van der Waals surface area contributed by atoms with Crippen molar-refractivity contribution in [1.82, 2.24) is 4.98 Å². The summed E-state index contributed by atoms with van der Waals surface area (Å²) in [6.45, 7) is 1.20. The van der Waals surface area contributed by atoms with Gasteiger partial charge in [0, 0.05) is 36.0 Å². The van der Waals surface area contributed by atoms with Crippen molar-refractivity contribution in [2.45, 2.75) is 18.3 Å². The molecule has 1 N–H and O–H groups in total. The van der Waals surface area contributed by atoms with Crippen molar-refractivity contribution in [2.75, 3.05) is 18.5 Å². The monoisotopic (exact) mass is 364 g/mol. The summed E-state index contributed by atoms with van der Waals surface area (Å²) in [5, 5.41) is 6.04. The van der Waals surface area contributed by atoms with E-state index in [2.05, 4.69) is 10.3 Å². The van der Waals surface area contributed by atoms with Gasteiger partial charge in [-0.3, -0.25) is 4.79 Å². The number of ether oxygens (including phenoxy) is 1. The van der Waals surface area contributed by atoms with Crippen LogP contribution in [0.1, 0.15) is 18.4 Å². The molecular formula is C21H20N2O2S. The third kappa shape index (κ3) is 3.28. The molecule has 26 heavy (non-hydrogen) atoms. The molecule has 1 fully saturated rings. The maximum atomic E-state index is 13.3. The summed E-state index contributed by atoms with van der Waals surface area (Å²) in [5.41, 5.74) is 2.32. The van der Waals surface area contributed by atoms with Gasteiger partial charge in [-0.15, -0.1) is 11.3 Å². The molecule has 0 radical (unpaired) electrons. The first-order valence-electron chi connectivity index (χ1n) is 8.73. The minimum Gasteiger partial charge on any atom is -0.381 e. The van der Waals surface area contributed by atoms with Gasteiger partial charge in [0.05, 0.1) is 5.41 Å². The first-order chi connectivity index (χ1) is 12.8. The Kier molecular flexibility index (Phi) is 4.82. The maximum Gasteiger partial charge on any atom is 0.235 e. The molecule has 1 aliphatic rings. The van der Waals surface area contributed by atoms with Gasteiger partial charge in [0.25, 0.3) is 0 Å². The van der Waals surface area contributed by atoms with Gasteiger partial charge < -0.3 is 10.1 Å². The van der Waals surface area contributed by atoms with Gasteiger partial charge in [-0.25, -0.2) is 4.98 Å². The lowest BCUT2D eigenvalue weighted by Gasteiger charge is -2.36. The summed E-state index contributed by atoms with van der Waals surface area (Å²) in [7, 11) is 0. The van der Waals surface area contributed by atoms with Gasteiger partial charge in [-0.2, -0.15) is 0 Å². The topological polar surface area (TPSA) is 51.2 Å². The fourth-order valence-electron chi connectivity index (χ4n) is 3.47. The second-order valence-corrected chi connectivity index (χ2v) is 7.33. The van der Waals surface area contributed by atoms with Crippen LogP contribution in [0.5, 0.6) is 0 Å². The Bertz CT molecular complexity index is 872. The maximum absolute atomic E-state index is 13.3. The van der Waals surface area contributed by atoms with Crippen LogP contribution < -0.4 is 5.32 Å². The van der Waals surface area contributed by atoms with Crippen LogP contribution >= 0.6 is 11.3 Å². The fourth-order valence-corrected chi connectivity index (χ4v) is 4.11. The second kappa shape index (κ2) is 7.40. The highest BCUT2D eigenvalue weighted by Gasteiger charge is 2.41. The highest BCUT2D eigenvalue weighted by molar-refractivity contribution is 7.13. The largest absolute Gasteiger partial charge is 0.381 e. The number of nitrogens with one attached hydrogen (secondary N) is 1. The van der Waals surface area contributed by atoms with Crippen molar-refractivity contribution in [1.29, 1.82) is 0 Å².